The average Bonchev–Trinajstić information content (AvgIpc) is 1.84. The second-order valence-electron chi connectivity index (χ2n) is 1.97. The number of aliphatic hydroxyl groups is 1. The fourth-order valence-corrected chi connectivity index (χ4v) is 0.880. The molecule has 0 aliphatic heterocycles. The quantitative estimate of drug-likeness (QED) is 0.388. The summed E-state index contributed by atoms with van der Waals surface area (Å²) in [7, 11) is 0. The van der Waals surface area contributed by atoms with Crippen LogP contribution in [0.25, 0.3) is 0 Å². The number of carbonyl (C=O) groups is 1. The minimum atomic E-state index is -2.05. The van der Waals surface area contributed by atoms with E-state index < -0.39 is 11.7 Å². The van der Waals surface area contributed by atoms with E-state index in [0.717, 1.165) is 0 Å². The molecule has 0 saturated carbocycles. The number of rotatable bonds is 4. The van der Waals surface area contributed by atoms with Gasteiger partial charge in [0.25, 0.3) is 0 Å². The molecule has 0 aromatic carbocycles. The van der Waals surface area contributed by atoms with Crippen LogP contribution >= 0.6 is 11.8 Å². The summed E-state index contributed by atoms with van der Waals surface area (Å²) in [5.41, 5.74) is 2.94. The molecule has 0 aliphatic carbocycles. The Morgan fingerprint density at radius 3 is 2.45 bits per heavy atom. The summed E-state index contributed by atoms with van der Waals surface area (Å²) in [6.07, 6.45) is 1.89. The van der Waals surface area contributed by atoms with E-state index >= 15 is 0 Å². The Bertz CT molecular complexity index is 131. The molecule has 11 heavy (non-hydrogen) atoms. The summed E-state index contributed by atoms with van der Waals surface area (Å²) in [5.74, 6) is -0.833. The van der Waals surface area contributed by atoms with E-state index in [4.69, 9.17) is 15.9 Å². The maximum absolute atomic E-state index is 10.1. The molecule has 64 valence electrons. The van der Waals surface area contributed by atoms with Crippen LogP contribution in [0.3, 0.4) is 0 Å². The molecule has 0 heterocycles. The minimum absolute atomic E-state index is 0. The van der Waals surface area contributed by atoms with Crippen molar-refractivity contribution in [3.05, 3.63) is 0 Å². The van der Waals surface area contributed by atoms with Crippen LogP contribution in [0, 0.1) is 0 Å². The van der Waals surface area contributed by atoms with Crippen molar-refractivity contribution in [2.75, 3.05) is 12.0 Å². The molecule has 0 fully saturated rings. The Balaban J connectivity index is 0. The van der Waals surface area contributed by atoms with Gasteiger partial charge in [-0.2, -0.15) is 11.8 Å². The van der Waals surface area contributed by atoms with Crippen LogP contribution in [0.4, 0.5) is 0 Å². The Morgan fingerprint density at radius 2 is 2.18 bits per heavy atom. The predicted molar refractivity (Wildman–Crippen MR) is 48.3 cm³/mol. The van der Waals surface area contributed by atoms with Gasteiger partial charge in [0.15, 0.2) is 0 Å². The van der Waals surface area contributed by atoms with Crippen LogP contribution in [-0.4, -0.2) is 71.7 Å². The first-order chi connectivity index (χ1) is 4.50. The van der Waals surface area contributed by atoms with Crippen LogP contribution in [-0.2, 0) is 4.79 Å². The number of thioether (sulfide) groups is 1. The molecular formula is C5H13CaNO3S. The molecule has 1 unspecified atom stereocenters. The number of aliphatic carboxylic acids is 1. The molecule has 0 saturated heterocycles. The van der Waals surface area contributed by atoms with Crippen molar-refractivity contribution in [2.24, 2.45) is 5.73 Å². The van der Waals surface area contributed by atoms with Crippen LogP contribution in [0.15, 0.2) is 0 Å². The van der Waals surface area contributed by atoms with Gasteiger partial charge in [-0.3, -0.25) is 5.73 Å². The van der Waals surface area contributed by atoms with Crippen LogP contribution < -0.4 is 5.73 Å². The second kappa shape index (κ2) is 6.51. The van der Waals surface area contributed by atoms with Crippen molar-refractivity contribution in [1.29, 1.82) is 0 Å². The number of hydrogen-bond donors (Lipinski definition) is 3. The number of nitrogens with two attached hydrogens (primary N) is 1. The van der Waals surface area contributed by atoms with Gasteiger partial charge in [-0.25, -0.2) is 4.79 Å². The van der Waals surface area contributed by atoms with E-state index in [1.54, 1.807) is 0 Å². The maximum atomic E-state index is 10.1. The molecular weight excluding hydrogens is 194 g/mol. The molecule has 4 nitrogen and oxygen atoms in total. The first-order valence-corrected chi connectivity index (χ1v) is 4.13. The molecule has 6 heteroatoms. The molecule has 0 aromatic rings. The molecule has 0 aromatic heterocycles. The van der Waals surface area contributed by atoms with Gasteiger partial charge in [0.2, 0.25) is 5.72 Å². The van der Waals surface area contributed by atoms with E-state index in [9.17, 15) is 4.79 Å². The zero-order chi connectivity index (χ0) is 8.20. The van der Waals surface area contributed by atoms with Crippen LogP contribution in [0.5, 0.6) is 0 Å². The van der Waals surface area contributed by atoms with Crippen molar-refractivity contribution < 1.29 is 15.0 Å². The Kier molecular flexibility index (Phi) is 8.59. The van der Waals surface area contributed by atoms with Gasteiger partial charge < -0.3 is 10.2 Å². The van der Waals surface area contributed by atoms with E-state index in [1.807, 2.05) is 6.26 Å². The number of carboxylic acid groups (broad SMARTS) is 1. The van der Waals surface area contributed by atoms with Crippen molar-refractivity contribution in [3.63, 3.8) is 0 Å². The summed E-state index contributed by atoms with van der Waals surface area (Å²) in [4.78, 5) is 10.1. The average molecular weight is 207 g/mol. The summed E-state index contributed by atoms with van der Waals surface area (Å²) in [6.45, 7) is 0. The van der Waals surface area contributed by atoms with E-state index in [-0.39, 0.29) is 44.2 Å². The monoisotopic (exact) mass is 207 g/mol. The summed E-state index contributed by atoms with van der Waals surface area (Å²) in [6, 6.07) is 0. The molecule has 0 aliphatic rings. The Morgan fingerprint density at radius 1 is 1.73 bits per heavy atom. The normalized spacial score (nSPS) is 14.8. The molecule has 0 spiro atoms. The zero-order valence-corrected chi connectivity index (χ0v) is 6.52. The predicted octanol–water partition coefficient (Wildman–Crippen LogP) is -1.44. The summed E-state index contributed by atoms with van der Waals surface area (Å²) < 4.78 is 0. The van der Waals surface area contributed by atoms with E-state index in [1.165, 1.54) is 11.8 Å². The van der Waals surface area contributed by atoms with Crippen LogP contribution in [0.1, 0.15) is 6.42 Å². The Hall–Kier alpha value is 1.000. The van der Waals surface area contributed by atoms with Crippen molar-refractivity contribution in [2.45, 2.75) is 12.1 Å². The zero-order valence-electron chi connectivity index (χ0n) is 5.70. The van der Waals surface area contributed by atoms with E-state index in [0.29, 0.717) is 5.75 Å². The third kappa shape index (κ3) is 6.19. The summed E-state index contributed by atoms with van der Waals surface area (Å²) in [5, 5.41) is 17.2. The Labute approximate surface area is 99.5 Å². The first kappa shape index (κ1) is 14.5. The fourth-order valence-electron chi connectivity index (χ4n) is 0.365. The number of hydrogen-bond acceptors (Lipinski definition) is 4. The fraction of sp³-hybridized carbons (Fsp3) is 0.800. The standard InChI is InChI=1S/C5H11NO3S.Ca.2H/c1-10-3-2-5(6,9)4(7)8;;;/h9H,2-3,6H2,1H3,(H,7,8);;;. The molecule has 1 atom stereocenters. The van der Waals surface area contributed by atoms with Gasteiger partial charge in [-0.15, -0.1) is 0 Å². The van der Waals surface area contributed by atoms with Gasteiger partial charge in [-0.05, 0) is 12.0 Å². The molecule has 0 rings (SSSR count). The van der Waals surface area contributed by atoms with Crippen molar-refractivity contribution >= 4 is 55.5 Å². The molecule has 0 bridgehead atoms. The van der Waals surface area contributed by atoms with E-state index in [2.05, 4.69) is 0 Å². The third-order valence-electron chi connectivity index (χ3n) is 1.06. The van der Waals surface area contributed by atoms with Gasteiger partial charge in [0.1, 0.15) is 0 Å². The van der Waals surface area contributed by atoms with Crippen LogP contribution in [0.2, 0.25) is 0 Å². The van der Waals surface area contributed by atoms with Crippen molar-refractivity contribution in [3.8, 4) is 0 Å². The van der Waals surface area contributed by atoms with Gasteiger partial charge in [-0.1, -0.05) is 0 Å². The van der Waals surface area contributed by atoms with Gasteiger partial charge in [0, 0.05) is 6.42 Å². The van der Waals surface area contributed by atoms with Gasteiger partial charge in [0.05, 0.1) is 0 Å². The third-order valence-corrected chi connectivity index (χ3v) is 1.67. The topological polar surface area (TPSA) is 83.5 Å². The first-order valence-electron chi connectivity index (χ1n) is 2.74. The second-order valence-corrected chi connectivity index (χ2v) is 2.96. The van der Waals surface area contributed by atoms with Gasteiger partial charge >= 0.3 is 43.7 Å². The molecule has 4 N–H and O–H groups in total. The summed E-state index contributed by atoms with van der Waals surface area (Å²) >= 11 is 1.44. The SMILES string of the molecule is CSCCC(N)(O)C(=O)O.[CaH2]. The molecule has 0 amide bonds. The molecule has 0 radical (unpaired) electrons. The number of carboxylic acids is 1. The van der Waals surface area contributed by atoms with Crippen molar-refractivity contribution in [1.82, 2.24) is 0 Å².